The van der Waals surface area contributed by atoms with Crippen LogP contribution in [0.15, 0.2) is 0 Å². The first-order valence-electron chi connectivity index (χ1n) is 4.45. The number of fused-ring (bicyclic) bond motifs is 1. The highest BCUT2D eigenvalue weighted by Gasteiger charge is 2.50. The molecule has 1 radical (unpaired) electrons. The number of rotatable bonds is 0. The largest absolute Gasteiger partial charge is 0.393 e. The summed E-state index contributed by atoms with van der Waals surface area (Å²) < 4.78 is 4.48. The average Bonchev–Trinajstić information content (AvgIpc) is 2.26. The van der Waals surface area contributed by atoms with Crippen LogP contribution in [0.5, 0.6) is 0 Å². The Kier molecular flexibility index (Phi) is 1.70. The molecule has 1 aliphatic carbocycles. The molecule has 4 nitrogen and oxygen atoms in total. The lowest BCUT2D eigenvalue weighted by molar-refractivity contribution is -0.154. The summed E-state index contributed by atoms with van der Waals surface area (Å²) in [5.74, 6) is -1.75. The lowest BCUT2D eigenvalue weighted by Gasteiger charge is -2.30. The lowest BCUT2D eigenvalue weighted by Crippen LogP contribution is -2.36. The predicted molar refractivity (Wildman–Crippen MR) is 41.0 cm³/mol. The molecule has 3 unspecified atom stereocenters. The monoisotopic (exact) mass is 183 g/mol. The smallest absolute Gasteiger partial charge is 0.317 e. The quantitative estimate of drug-likeness (QED) is 0.409. The van der Waals surface area contributed by atoms with Gasteiger partial charge in [0.05, 0.1) is 11.8 Å². The van der Waals surface area contributed by atoms with Crippen molar-refractivity contribution < 1.29 is 19.4 Å². The summed E-state index contributed by atoms with van der Waals surface area (Å²) in [6.45, 7) is 1.58. The Morgan fingerprint density at radius 2 is 1.92 bits per heavy atom. The standard InChI is InChI=1S/C9H11O4/c1-9(12)3-2-5-6(4-9)8(11)13-7(5)10/h5-6H,2-4H2,1H3. The van der Waals surface area contributed by atoms with Crippen molar-refractivity contribution >= 4 is 11.9 Å². The van der Waals surface area contributed by atoms with Gasteiger partial charge in [0, 0.05) is 0 Å². The molecule has 0 amide bonds. The maximum absolute atomic E-state index is 11.6. The zero-order valence-corrected chi connectivity index (χ0v) is 7.41. The van der Waals surface area contributed by atoms with Gasteiger partial charge < -0.3 is 4.74 Å². The van der Waals surface area contributed by atoms with Gasteiger partial charge in [-0.05, 0) is 26.2 Å². The Bertz CT molecular complexity index is 269. The molecular weight excluding hydrogens is 172 g/mol. The molecule has 1 saturated heterocycles. The van der Waals surface area contributed by atoms with Gasteiger partial charge in [-0.3, -0.25) is 9.59 Å². The van der Waals surface area contributed by atoms with Crippen LogP contribution in [0.25, 0.3) is 0 Å². The van der Waals surface area contributed by atoms with Gasteiger partial charge in [0.15, 0.2) is 0 Å². The van der Waals surface area contributed by atoms with E-state index in [4.69, 9.17) is 0 Å². The highest BCUT2D eigenvalue weighted by atomic mass is 16.6. The van der Waals surface area contributed by atoms with Crippen molar-refractivity contribution in [1.82, 2.24) is 0 Å². The number of cyclic esters (lactones) is 2. The fourth-order valence-corrected chi connectivity index (χ4v) is 2.15. The number of hydrogen-bond donors (Lipinski definition) is 0. The van der Waals surface area contributed by atoms with E-state index in [2.05, 4.69) is 4.74 Å². The van der Waals surface area contributed by atoms with Crippen LogP contribution in [0.3, 0.4) is 0 Å². The Balaban J connectivity index is 2.20. The minimum Gasteiger partial charge on any atom is -0.393 e. The molecule has 0 N–H and O–H groups in total. The third-order valence-electron chi connectivity index (χ3n) is 2.93. The summed E-state index contributed by atoms with van der Waals surface area (Å²) in [6, 6.07) is 0. The minimum absolute atomic E-state index is 0.238. The first kappa shape index (κ1) is 8.69. The maximum atomic E-state index is 11.6. The zero-order chi connectivity index (χ0) is 9.64. The SMILES string of the molecule is CC1([O])CCC2C(=O)OC(=O)C2C1. The molecule has 71 valence electrons. The number of hydrogen-bond acceptors (Lipinski definition) is 3. The summed E-state index contributed by atoms with van der Waals surface area (Å²) >= 11 is 0. The van der Waals surface area contributed by atoms with E-state index < -0.39 is 23.5 Å². The maximum Gasteiger partial charge on any atom is 0.317 e. The third kappa shape index (κ3) is 1.35. The molecule has 13 heavy (non-hydrogen) atoms. The van der Waals surface area contributed by atoms with Crippen molar-refractivity contribution in [2.75, 3.05) is 0 Å². The van der Waals surface area contributed by atoms with Gasteiger partial charge >= 0.3 is 11.9 Å². The van der Waals surface area contributed by atoms with Crippen molar-refractivity contribution in [2.24, 2.45) is 11.8 Å². The number of carbonyl (C=O) groups is 2. The topological polar surface area (TPSA) is 63.3 Å². The van der Waals surface area contributed by atoms with E-state index in [0.717, 1.165) is 0 Å². The van der Waals surface area contributed by atoms with Gasteiger partial charge in [-0.2, -0.15) is 0 Å². The normalized spacial score (nSPS) is 44.5. The third-order valence-corrected chi connectivity index (χ3v) is 2.93. The van der Waals surface area contributed by atoms with E-state index in [-0.39, 0.29) is 12.3 Å². The van der Waals surface area contributed by atoms with Crippen LogP contribution >= 0.6 is 0 Å². The summed E-state index contributed by atoms with van der Waals surface area (Å²) in [5, 5.41) is 11.6. The van der Waals surface area contributed by atoms with Crippen LogP contribution in [0.2, 0.25) is 0 Å². The predicted octanol–water partition coefficient (Wildman–Crippen LogP) is 0.675. The van der Waals surface area contributed by atoms with Gasteiger partial charge in [0.25, 0.3) is 0 Å². The molecule has 1 heterocycles. The summed E-state index contributed by atoms with van der Waals surface area (Å²) in [5.41, 5.74) is -1.06. The molecule has 4 heteroatoms. The Hall–Kier alpha value is -0.900. The van der Waals surface area contributed by atoms with E-state index in [9.17, 15) is 14.7 Å². The fourth-order valence-electron chi connectivity index (χ4n) is 2.15. The highest BCUT2D eigenvalue weighted by Crippen LogP contribution is 2.41. The highest BCUT2D eigenvalue weighted by molar-refractivity contribution is 5.96. The minimum atomic E-state index is -1.06. The van der Waals surface area contributed by atoms with E-state index in [1.807, 2.05) is 0 Å². The first-order chi connectivity index (χ1) is 5.99. The molecule has 1 saturated carbocycles. The Morgan fingerprint density at radius 3 is 2.62 bits per heavy atom. The van der Waals surface area contributed by atoms with E-state index in [1.165, 1.54) is 0 Å². The molecule has 0 bridgehead atoms. The molecule has 0 aromatic heterocycles. The average molecular weight is 183 g/mol. The second kappa shape index (κ2) is 2.54. The molecule has 2 fully saturated rings. The zero-order valence-electron chi connectivity index (χ0n) is 7.41. The number of esters is 2. The first-order valence-corrected chi connectivity index (χ1v) is 4.45. The number of ether oxygens (including phenoxy) is 1. The van der Waals surface area contributed by atoms with Crippen molar-refractivity contribution in [1.29, 1.82) is 0 Å². The van der Waals surface area contributed by atoms with Crippen molar-refractivity contribution in [3.05, 3.63) is 0 Å². The van der Waals surface area contributed by atoms with Gasteiger partial charge in [-0.15, -0.1) is 0 Å². The van der Waals surface area contributed by atoms with Crippen molar-refractivity contribution in [3.8, 4) is 0 Å². The number of carbonyl (C=O) groups excluding carboxylic acids is 2. The summed E-state index contributed by atoms with van der Waals surface area (Å²) in [6.07, 6.45) is 1.19. The van der Waals surface area contributed by atoms with E-state index in [1.54, 1.807) is 6.92 Å². The molecule has 3 atom stereocenters. The van der Waals surface area contributed by atoms with Crippen LogP contribution < -0.4 is 0 Å². The van der Waals surface area contributed by atoms with Crippen LogP contribution in [0.1, 0.15) is 26.2 Å². The van der Waals surface area contributed by atoms with Gasteiger partial charge in [-0.25, -0.2) is 5.11 Å². The van der Waals surface area contributed by atoms with Gasteiger partial charge in [0.2, 0.25) is 0 Å². The fraction of sp³-hybridized carbons (Fsp3) is 0.778. The second-order valence-corrected chi connectivity index (χ2v) is 4.15. The van der Waals surface area contributed by atoms with Crippen molar-refractivity contribution in [2.45, 2.75) is 31.8 Å². The summed E-state index contributed by atoms with van der Waals surface area (Å²) in [4.78, 5) is 22.2. The van der Waals surface area contributed by atoms with Crippen LogP contribution in [-0.2, 0) is 19.4 Å². The van der Waals surface area contributed by atoms with E-state index >= 15 is 0 Å². The van der Waals surface area contributed by atoms with Crippen LogP contribution in [0, 0.1) is 11.8 Å². The van der Waals surface area contributed by atoms with Crippen molar-refractivity contribution in [3.63, 3.8) is 0 Å². The second-order valence-electron chi connectivity index (χ2n) is 4.15. The lowest BCUT2D eigenvalue weighted by atomic mass is 9.73. The van der Waals surface area contributed by atoms with Gasteiger partial charge in [-0.1, -0.05) is 0 Å². The summed E-state index contributed by atoms with van der Waals surface area (Å²) in [7, 11) is 0. The molecule has 2 rings (SSSR count). The van der Waals surface area contributed by atoms with Crippen LogP contribution in [-0.4, -0.2) is 17.5 Å². The Labute approximate surface area is 75.9 Å². The molecule has 1 aliphatic heterocycles. The van der Waals surface area contributed by atoms with Crippen LogP contribution in [0.4, 0.5) is 0 Å². The van der Waals surface area contributed by atoms with E-state index in [0.29, 0.717) is 12.8 Å². The molecule has 0 spiro atoms. The Morgan fingerprint density at radius 1 is 1.31 bits per heavy atom. The molecule has 0 aromatic carbocycles. The molecular formula is C9H11O4. The molecule has 2 aliphatic rings. The van der Waals surface area contributed by atoms with Gasteiger partial charge in [0.1, 0.15) is 5.60 Å². The molecule has 0 aromatic rings.